The summed E-state index contributed by atoms with van der Waals surface area (Å²) in [6.45, 7) is 14.6. The molecular weight excluding hydrogens is 348 g/mol. The van der Waals surface area contributed by atoms with Crippen LogP contribution in [-0.4, -0.2) is 46.0 Å². The predicted octanol–water partition coefficient (Wildman–Crippen LogP) is 2.95. The van der Waals surface area contributed by atoms with Crippen LogP contribution in [0.15, 0.2) is 49.7 Å². The Kier molecular flexibility index (Phi) is 5.17. The molecule has 144 valence electrons. The van der Waals surface area contributed by atoms with E-state index >= 15 is 0 Å². The van der Waals surface area contributed by atoms with Crippen molar-refractivity contribution in [2.24, 2.45) is 0 Å². The van der Waals surface area contributed by atoms with Gasteiger partial charge >= 0.3 is 0 Å². The van der Waals surface area contributed by atoms with Crippen LogP contribution in [0.5, 0.6) is 0 Å². The molecule has 1 fully saturated rings. The average Bonchev–Trinajstić information content (AvgIpc) is 3.18. The molecule has 1 aliphatic rings. The number of nitrogens with zero attached hydrogens (tertiary/aromatic N) is 3. The van der Waals surface area contributed by atoms with E-state index < -0.39 is 5.60 Å². The fourth-order valence-corrected chi connectivity index (χ4v) is 3.30. The van der Waals surface area contributed by atoms with Gasteiger partial charge in [0.25, 0.3) is 0 Å². The van der Waals surface area contributed by atoms with Gasteiger partial charge in [0, 0.05) is 38.2 Å². The summed E-state index contributed by atoms with van der Waals surface area (Å²) in [6.07, 6.45) is 2.34. The molecule has 3 rings (SSSR count). The van der Waals surface area contributed by atoms with Gasteiger partial charge in [-0.3, -0.25) is 0 Å². The van der Waals surface area contributed by atoms with E-state index in [2.05, 4.69) is 36.9 Å². The van der Waals surface area contributed by atoms with Gasteiger partial charge in [-0.1, -0.05) is 37.6 Å². The van der Waals surface area contributed by atoms with E-state index in [1.807, 2.05) is 54.9 Å². The molecule has 2 N–H and O–H groups in total. The Morgan fingerprint density at radius 2 is 2.18 bits per heavy atom. The first kappa shape index (κ1) is 19.5. The van der Waals surface area contributed by atoms with E-state index in [4.69, 9.17) is 5.10 Å². The maximum Gasteiger partial charge on any atom is 0.166 e. The summed E-state index contributed by atoms with van der Waals surface area (Å²) < 4.78 is 1.84. The number of aliphatic hydroxyl groups is 1. The van der Waals surface area contributed by atoms with Crippen LogP contribution in [0.1, 0.15) is 28.9 Å². The second kappa shape index (κ2) is 7.41. The van der Waals surface area contributed by atoms with Gasteiger partial charge in [0.2, 0.25) is 0 Å². The third kappa shape index (κ3) is 3.35. The molecular formula is C23H26N4O. The summed E-state index contributed by atoms with van der Waals surface area (Å²) in [6, 6.07) is 7.75. The summed E-state index contributed by atoms with van der Waals surface area (Å²) >= 11 is 0. The van der Waals surface area contributed by atoms with Crippen molar-refractivity contribution in [1.29, 1.82) is 0 Å². The minimum Gasteiger partial charge on any atom is -0.387 e. The van der Waals surface area contributed by atoms with E-state index in [0.29, 0.717) is 12.1 Å². The van der Waals surface area contributed by atoms with Crippen LogP contribution in [0.2, 0.25) is 0 Å². The van der Waals surface area contributed by atoms with Crippen molar-refractivity contribution in [3.63, 3.8) is 0 Å². The smallest absolute Gasteiger partial charge is 0.166 e. The highest BCUT2D eigenvalue weighted by Crippen LogP contribution is 2.29. The molecule has 1 atom stereocenters. The van der Waals surface area contributed by atoms with Crippen LogP contribution < -0.4 is 5.32 Å². The molecule has 5 heteroatoms. The minimum absolute atomic E-state index is 0.559. The number of nitrogens with one attached hydrogen (secondary N) is 1. The Balaban J connectivity index is 2.00. The number of likely N-dealkylation sites (N-methyl/N-ethyl adjacent to an activating group) is 1. The molecule has 28 heavy (non-hydrogen) atoms. The lowest BCUT2D eigenvalue weighted by molar-refractivity contribution is 0.145. The van der Waals surface area contributed by atoms with Gasteiger partial charge in [-0.25, -0.2) is 4.68 Å². The topological polar surface area (TPSA) is 53.3 Å². The fraction of sp³-hybridized carbons (Fsp3) is 0.261. The third-order valence-corrected chi connectivity index (χ3v) is 5.20. The van der Waals surface area contributed by atoms with Gasteiger partial charge in [0.1, 0.15) is 5.69 Å². The molecule has 1 aliphatic heterocycles. The predicted molar refractivity (Wildman–Crippen MR) is 115 cm³/mol. The van der Waals surface area contributed by atoms with Crippen molar-refractivity contribution in [2.75, 3.05) is 20.6 Å². The van der Waals surface area contributed by atoms with Gasteiger partial charge in [0.05, 0.1) is 22.8 Å². The summed E-state index contributed by atoms with van der Waals surface area (Å²) in [4.78, 5) is 1.93. The van der Waals surface area contributed by atoms with Crippen LogP contribution in [0.25, 0.3) is 17.5 Å². The zero-order valence-corrected chi connectivity index (χ0v) is 16.7. The van der Waals surface area contributed by atoms with E-state index in [0.717, 1.165) is 40.4 Å². The Morgan fingerprint density at radius 1 is 1.43 bits per heavy atom. The van der Waals surface area contributed by atoms with Crippen molar-refractivity contribution in [2.45, 2.75) is 18.9 Å². The van der Waals surface area contributed by atoms with E-state index in [9.17, 15) is 5.11 Å². The van der Waals surface area contributed by atoms with E-state index in [1.165, 1.54) is 0 Å². The molecule has 1 saturated heterocycles. The van der Waals surface area contributed by atoms with Gasteiger partial charge < -0.3 is 15.3 Å². The van der Waals surface area contributed by atoms with Crippen LogP contribution >= 0.6 is 0 Å². The van der Waals surface area contributed by atoms with Gasteiger partial charge in [-0.15, -0.1) is 0 Å². The van der Waals surface area contributed by atoms with Crippen LogP contribution in [0.4, 0.5) is 0 Å². The van der Waals surface area contributed by atoms with Gasteiger partial charge in [-0.2, -0.15) is 5.10 Å². The molecule has 0 spiro atoms. The molecule has 2 aromatic rings. The van der Waals surface area contributed by atoms with Crippen molar-refractivity contribution < 1.29 is 5.11 Å². The Hall–Kier alpha value is -3.23. The summed E-state index contributed by atoms with van der Waals surface area (Å²) in [7, 11) is 3.74. The maximum absolute atomic E-state index is 10.7. The molecule has 2 heterocycles. The van der Waals surface area contributed by atoms with Gasteiger partial charge in [0.15, 0.2) is 5.60 Å². The normalized spacial score (nSPS) is 18.6. The summed E-state index contributed by atoms with van der Waals surface area (Å²) in [5.41, 5.74) is 4.60. The first-order chi connectivity index (χ1) is 13.3. The van der Waals surface area contributed by atoms with Gasteiger partial charge in [-0.05, 0) is 31.2 Å². The number of aromatic nitrogens is 2. The molecule has 1 aromatic heterocycles. The van der Waals surface area contributed by atoms with Crippen molar-refractivity contribution in [1.82, 2.24) is 20.0 Å². The number of likely N-dealkylation sites (tertiary alicyclic amines) is 1. The van der Waals surface area contributed by atoms with Crippen LogP contribution in [0, 0.1) is 18.8 Å². The second-order valence-electron chi connectivity index (χ2n) is 6.98. The molecule has 1 unspecified atom stereocenters. The van der Waals surface area contributed by atoms with Crippen molar-refractivity contribution >= 4 is 11.8 Å². The first-order valence-corrected chi connectivity index (χ1v) is 9.16. The highest BCUT2D eigenvalue weighted by atomic mass is 16.3. The Labute approximate surface area is 166 Å². The molecule has 0 aliphatic carbocycles. The molecule has 0 radical (unpaired) electrons. The van der Waals surface area contributed by atoms with Crippen molar-refractivity contribution in [3.05, 3.63) is 72.2 Å². The standard InChI is InChI=1S/C23H26N4O/c1-7-21-16(2)22(17(3)24-5)25-27(21)20-10-8-9-19(15-20)11-12-23(28)13-14-26(6)18(23)4/h7-10,15,24,28H,1,3-4,13-14H2,2,5-6H3. The quantitative estimate of drug-likeness (QED) is 0.808. The fourth-order valence-electron chi connectivity index (χ4n) is 3.30. The number of rotatable bonds is 4. The highest BCUT2D eigenvalue weighted by Gasteiger charge is 2.36. The average molecular weight is 374 g/mol. The maximum atomic E-state index is 10.7. The molecule has 5 nitrogen and oxygen atoms in total. The van der Waals surface area contributed by atoms with E-state index in [-0.39, 0.29) is 0 Å². The highest BCUT2D eigenvalue weighted by molar-refractivity contribution is 5.66. The second-order valence-corrected chi connectivity index (χ2v) is 6.98. The lowest BCUT2D eigenvalue weighted by Gasteiger charge is -2.19. The lowest BCUT2D eigenvalue weighted by Crippen LogP contribution is -2.26. The van der Waals surface area contributed by atoms with Crippen LogP contribution in [0.3, 0.4) is 0 Å². The molecule has 0 saturated carbocycles. The number of hydrogen-bond acceptors (Lipinski definition) is 4. The lowest BCUT2D eigenvalue weighted by atomic mass is 10.0. The first-order valence-electron chi connectivity index (χ1n) is 9.16. The van der Waals surface area contributed by atoms with E-state index in [1.54, 1.807) is 6.08 Å². The summed E-state index contributed by atoms with van der Waals surface area (Å²) in [5, 5.41) is 18.5. The largest absolute Gasteiger partial charge is 0.387 e. The van der Waals surface area contributed by atoms with Crippen molar-refractivity contribution in [3.8, 4) is 17.5 Å². The number of benzene rings is 1. The monoisotopic (exact) mass is 374 g/mol. The third-order valence-electron chi connectivity index (χ3n) is 5.20. The minimum atomic E-state index is -1.17. The molecule has 0 amide bonds. The Bertz CT molecular complexity index is 1020. The molecule has 0 bridgehead atoms. The molecule has 1 aromatic carbocycles. The Morgan fingerprint density at radius 3 is 2.79 bits per heavy atom. The SMILES string of the molecule is C=Cc1c(C)c(C(=C)NC)nn1-c1cccc(C#CC2(O)CCN(C)C2=C)c1. The summed E-state index contributed by atoms with van der Waals surface area (Å²) in [5.74, 6) is 6.09. The van der Waals surface area contributed by atoms with Crippen LogP contribution in [-0.2, 0) is 0 Å². The number of hydrogen-bond donors (Lipinski definition) is 2. The zero-order chi connectivity index (χ0) is 20.5. The zero-order valence-electron chi connectivity index (χ0n) is 16.7.